The minimum absolute atomic E-state index is 0.0987. The predicted octanol–water partition coefficient (Wildman–Crippen LogP) is 2.73. The van der Waals surface area contributed by atoms with Crippen molar-refractivity contribution in [2.75, 3.05) is 7.11 Å². The lowest BCUT2D eigenvalue weighted by Crippen LogP contribution is -2.28. The fraction of sp³-hybridized carbons (Fsp3) is 0.333. The largest absolute Gasteiger partial charge is 0.506 e. The van der Waals surface area contributed by atoms with E-state index in [0.717, 1.165) is 6.07 Å². The van der Waals surface area contributed by atoms with Crippen LogP contribution in [-0.2, 0) is 0 Å². The number of rotatable bonds is 2. The molecule has 3 nitrogen and oxygen atoms in total. The highest BCUT2D eigenvalue weighted by molar-refractivity contribution is 9.10. The first-order valence-corrected chi connectivity index (χ1v) is 4.95. The van der Waals surface area contributed by atoms with E-state index in [-0.39, 0.29) is 10.2 Å². The van der Waals surface area contributed by atoms with Crippen LogP contribution in [0.5, 0.6) is 11.5 Å². The van der Waals surface area contributed by atoms with Gasteiger partial charge < -0.3 is 15.6 Å². The molecular weight excluding hydrogens is 291 g/mol. The molecule has 0 aliphatic carbocycles. The van der Waals surface area contributed by atoms with Crippen molar-refractivity contribution in [1.29, 1.82) is 0 Å². The molecule has 0 heterocycles. The normalized spacial score (nSPS) is 13.6. The summed E-state index contributed by atoms with van der Waals surface area (Å²) >= 11 is 2.92. The Morgan fingerprint density at radius 3 is 2.44 bits per heavy atom. The molecule has 0 aromatic heterocycles. The van der Waals surface area contributed by atoms with Gasteiger partial charge in [-0.15, -0.1) is 0 Å². The molecule has 90 valence electrons. The number of aromatic hydroxyl groups is 1. The highest BCUT2D eigenvalue weighted by Gasteiger charge is 2.39. The van der Waals surface area contributed by atoms with E-state index in [0.29, 0.717) is 0 Å². The van der Waals surface area contributed by atoms with Crippen molar-refractivity contribution in [2.24, 2.45) is 5.73 Å². The topological polar surface area (TPSA) is 55.5 Å². The molecule has 0 spiro atoms. The van der Waals surface area contributed by atoms with Crippen molar-refractivity contribution in [1.82, 2.24) is 0 Å². The minimum Gasteiger partial charge on any atom is -0.506 e. The lowest BCUT2D eigenvalue weighted by Gasteiger charge is -2.18. The van der Waals surface area contributed by atoms with Crippen LogP contribution in [0.3, 0.4) is 0 Å². The van der Waals surface area contributed by atoms with Gasteiger partial charge >= 0.3 is 6.18 Å². The molecule has 1 rings (SSSR count). The molecule has 1 aromatic rings. The number of alkyl halides is 3. The Hall–Kier alpha value is -0.950. The summed E-state index contributed by atoms with van der Waals surface area (Å²) in [6.07, 6.45) is -4.62. The van der Waals surface area contributed by atoms with Crippen molar-refractivity contribution in [3.8, 4) is 11.5 Å². The summed E-state index contributed by atoms with van der Waals surface area (Å²) < 4.78 is 42.1. The van der Waals surface area contributed by atoms with E-state index in [2.05, 4.69) is 15.9 Å². The lowest BCUT2D eigenvalue weighted by atomic mass is 10.1. The quantitative estimate of drug-likeness (QED) is 0.883. The minimum atomic E-state index is -4.62. The average molecular weight is 300 g/mol. The summed E-state index contributed by atoms with van der Waals surface area (Å²) in [6, 6.07) is 0.152. The van der Waals surface area contributed by atoms with Crippen molar-refractivity contribution in [3.05, 3.63) is 22.2 Å². The van der Waals surface area contributed by atoms with Gasteiger partial charge in [0.1, 0.15) is 17.5 Å². The van der Waals surface area contributed by atoms with E-state index in [1.165, 1.54) is 13.2 Å². The first-order chi connectivity index (χ1) is 7.27. The van der Waals surface area contributed by atoms with Crippen LogP contribution in [0, 0.1) is 0 Å². The lowest BCUT2D eigenvalue weighted by molar-refractivity contribution is -0.149. The van der Waals surface area contributed by atoms with Crippen molar-refractivity contribution in [2.45, 2.75) is 12.2 Å². The monoisotopic (exact) mass is 299 g/mol. The van der Waals surface area contributed by atoms with Crippen LogP contribution in [0.4, 0.5) is 13.2 Å². The Kier molecular flexibility index (Phi) is 3.69. The molecular formula is C9H9BrF3NO2. The summed E-state index contributed by atoms with van der Waals surface area (Å²) in [4.78, 5) is 0. The van der Waals surface area contributed by atoms with Crippen LogP contribution in [0.1, 0.15) is 11.6 Å². The number of benzene rings is 1. The van der Waals surface area contributed by atoms with Gasteiger partial charge in [-0.05, 0) is 28.1 Å². The standard InChI is InChI=1S/C9H9BrF3NO2/c1-16-4-2-5(7(15)6(10)3-4)8(14)9(11,12)13/h2-3,8,15H,14H2,1H3/t8-/m0/s1. The van der Waals surface area contributed by atoms with E-state index in [9.17, 15) is 18.3 Å². The van der Waals surface area contributed by atoms with E-state index in [1.807, 2.05) is 0 Å². The number of phenolic OH excluding ortho intramolecular Hbond substituents is 1. The molecule has 0 saturated heterocycles. The van der Waals surface area contributed by atoms with Gasteiger partial charge in [0.15, 0.2) is 0 Å². The highest BCUT2D eigenvalue weighted by Crippen LogP contribution is 2.40. The summed E-state index contributed by atoms with van der Waals surface area (Å²) in [5.41, 5.74) is 4.57. The molecule has 0 saturated carbocycles. The molecule has 0 aliphatic rings. The molecule has 16 heavy (non-hydrogen) atoms. The van der Waals surface area contributed by atoms with E-state index in [1.54, 1.807) is 0 Å². The molecule has 7 heteroatoms. The zero-order valence-electron chi connectivity index (χ0n) is 8.18. The Morgan fingerprint density at radius 1 is 1.44 bits per heavy atom. The van der Waals surface area contributed by atoms with E-state index >= 15 is 0 Å². The second kappa shape index (κ2) is 4.50. The van der Waals surface area contributed by atoms with Gasteiger partial charge in [0.05, 0.1) is 11.6 Å². The SMILES string of the molecule is COc1cc(Br)c(O)c([C@H](N)C(F)(F)F)c1. The maximum atomic E-state index is 12.4. The van der Waals surface area contributed by atoms with E-state index < -0.39 is 23.5 Å². The highest BCUT2D eigenvalue weighted by atomic mass is 79.9. The number of ether oxygens (including phenoxy) is 1. The third-order valence-electron chi connectivity index (χ3n) is 1.99. The van der Waals surface area contributed by atoms with Gasteiger partial charge in [-0.3, -0.25) is 0 Å². The Bertz CT molecular complexity index is 395. The number of halogens is 4. The summed E-state index contributed by atoms with van der Waals surface area (Å²) in [6.45, 7) is 0. The predicted molar refractivity (Wildman–Crippen MR) is 55.3 cm³/mol. The van der Waals surface area contributed by atoms with Gasteiger partial charge in [0, 0.05) is 5.56 Å². The maximum absolute atomic E-state index is 12.4. The van der Waals surface area contributed by atoms with Crippen LogP contribution in [0.25, 0.3) is 0 Å². The zero-order chi connectivity index (χ0) is 12.5. The Balaban J connectivity index is 3.27. The Morgan fingerprint density at radius 2 is 2.00 bits per heavy atom. The number of methoxy groups -OCH3 is 1. The first-order valence-electron chi connectivity index (χ1n) is 4.16. The van der Waals surface area contributed by atoms with Gasteiger partial charge in [-0.1, -0.05) is 0 Å². The molecule has 1 atom stereocenters. The van der Waals surface area contributed by atoms with Gasteiger partial charge in [-0.25, -0.2) is 0 Å². The van der Waals surface area contributed by atoms with Crippen molar-refractivity contribution < 1.29 is 23.0 Å². The average Bonchev–Trinajstić information content (AvgIpc) is 2.19. The molecule has 3 N–H and O–H groups in total. The smallest absolute Gasteiger partial charge is 0.407 e. The molecule has 0 amide bonds. The maximum Gasteiger partial charge on any atom is 0.407 e. The number of hydrogen-bond donors (Lipinski definition) is 2. The van der Waals surface area contributed by atoms with Crippen LogP contribution in [0.2, 0.25) is 0 Å². The molecule has 0 unspecified atom stereocenters. The number of nitrogens with two attached hydrogens (primary N) is 1. The second-order valence-corrected chi connectivity index (χ2v) is 3.92. The number of hydrogen-bond acceptors (Lipinski definition) is 3. The molecule has 0 bridgehead atoms. The fourth-order valence-corrected chi connectivity index (χ4v) is 1.58. The first kappa shape index (κ1) is 13.1. The van der Waals surface area contributed by atoms with E-state index in [4.69, 9.17) is 10.5 Å². The summed E-state index contributed by atoms with van der Waals surface area (Å²) in [7, 11) is 1.31. The van der Waals surface area contributed by atoms with Crippen molar-refractivity contribution >= 4 is 15.9 Å². The third kappa shape index (κ3) is 2.59. The molecule has 0 radical (unpaired) electrons. The molecule has 0 fully saturated rings. The van der Waals surface area contributed by atoms with Gasteiger partial charge in [-0.2, -0.15) is 13.2 Å². The zero-order valence-corrected chi connectivity index (χ0v) is 9.76. The number of phenols is 1. The second-order valence-electron chi connectivity index (χ2n) is 3.07. The van der Waals surface area contributed by atoms with Crippen LogP contribution in [0.15, 0.2) is 16.6 Å². The molecule has 0 aliphatic heterocycles. The summed E-state index contributed by atoms with van der Waals surface area (Å²) in [5, 5.41) is 9.47. The Labute approximate surface area is 98.1 Å². The van der Waals surface area contributed by atoms with Crippen LogP contribution < -0.4 is 10.5 Å². The van der Waals surface area contributed by atoms with Crippen LogP contribution in [-0.4, -0.2) is 18.4 Å². The third-order valence-corrected chi connectivity index (χ3v) is 2.59. The van der Waals surface area contributed by atoms with Gasteiger partial charge in [0.25, 0.3) is 0 Å². The summed E-state index contributed by atoms with van der Waals surface area (Å²) in [5.74, 6) is -0.356. The molecule has 1 aromatic carbocycles. The van der Waals surface area contributed by atoms with Crippen LogP contribution >= 0.6 is 15.9 Å². The van der Waals surface area contributed by atoms with Crippen molar-refractivity contribution in [3.63, 3.8) is 0 Å². The van der Waals surface area contributed by atoms with Gasteiger partial charge in [0.2, 0.25) is 0 Å². The fourth-order valence-electron chi connectivity index (χ4n) is 1.13.